The fourth-order valence-electron chi connectivity index (χ4n) is 1.96. The molecule has 2 rings (SSSR count). The fourth-order valence-corrected chi connectivity index (χ4v) is 1.96. The van der Waals surface area contributed by atoms with Gasteiger partial charge in [-0.15, -0.1) is 0 Å². The lowest BCUT2D eigenvalue weighted by Gasteiger charge is -2.21. The van der Waals surface area contributed by atoms with Crippen molar-refractivity contribution >= 4 is 11.6 Å². The number of aromatic hydroxyl groups is 1. The van der Waals surface area contributed by atoms with Crippen LogP contribution < -0.4 is 10.1 Å². The van der Waals surface area contributed by atoms with Crippen LogP contribution in [0.1, 0.15) is 26.3 Å². The molecule has 0 radical (unpaired) electrons. The number of benzene rings is 2. The number of anilines is 1. The Bertz CT molecular complexity index is 625. The number of phenolic OH excluding ortho intramolecular Hbond substituents is 1. The highest BCUT2D eigenvalue weighted by Gasteiger charge is 2.11. The maximum absolute atomic E-state index is 12.0. The van der Waals surface area contributed by atoms with Gasteiger partial charge in [-0.05, 0) is 62.7 Å². The molecule has 2 aromatic rings. The molecule has 0 unspecified atom stereocenters. The summed E-state index contributed by atoms with van der Waals surface area (Å²) in [6.45, 7) is 5.98. The molecule has 2 aromatic carbocycles. The van der Waals surface area contributed by atoms with Gasteiger partial charge in [0.2, 0.25) is 5.91 Å². The van der Waals surface area contributed by atoms with E-state index in [1.807, 2.05) is 45.0 Å². The standard InChI is InChI=1S/C18H21NO3/c1-18(2,3)22-16-10-4-13(5-11-16)12-17(21)19-14-6-8-15(20)9-7-14/h4-11,20H,12H2,1-3H3,(H,19,21). The van der Waals surface area contributed by atoms with E-state index in [0.717, 1.165) is 11.3 Å². The van der Waals surface area contributed by atoms with Gasteiger partial charge < -0.3 is 15.2 Å². The third-order valence-corrected chi connectivity index (χ3v) is 2.86. The Labute approximate surface area is 130 Å². The molecule has 0 aliphatic heterocycles. The Kier molecular flexibility index (Phi) is 4.71. The number of hydrogen-bond donors (Lipinski definition) is 2. The number of ether oxygens (including phenoxy) is 1. The Morgan fingerprint density at radius 3 is 2.18 bits per heavy atom. The van der Waals surface area contributed by atoms with Crippen LogP contribution >= 0.6 is 0 Å². The molecule has 0 bridgehead atoms. The van der Waals surface area contributed by atoms with Gasteiger partial charge in [0.05, 0.1) is 6.42 Å². The van der Waals surface area contributed by atoms with Gasteiger partial charge in [0.15, 0.2) is 0 Å². The van der Waals surface area contributed by atoms with Crippen LogP contribution in [0.4, 0.5) is 5.69 Å². The Hall–Kier alpha value is -2.49. The number of hydrogen-bond acceptors (Lipinski definition) is 3. The minimum absolute atomic E-state index is 0.102. The first-order valence-electron chi connectivity index (χ1n) is 7.19. The molecule has 116 valence electrons. The molecule has 0 aliphatic carbocycles. The molecule has 4 heteroatoms. The van der Waals surface area contributed by atoms with Crippen LogP contribution in [0.3, 0.4) is 0 Å². The van der Waals surface area contributed by atoms with Crippen molar-refractivity contribution in [2.24, 2.45) is 0 Å². The van der Waals surface area contributed by atoms with Crippen LogP contribution in [0.5, 0.6) is 11.5 Å². The molecule has 1 amide bonds. The second-order valence-electron chi connectivity index (χ2n) is 6.13. The molecule has 0 atom stereocenters. The molecule has 0 spiro atoms. The van der Waals surface area contributed by atoms with Gasteiger partial charge >= 0.3 is 0 Å². The summed E-state index contributed by atoms with van der Waals surface area (Å²) in [4.78, 5) is 12.0. The van der Waals surface area contributed by atoms with Crippen LogP contribution in [0.25, 0.3) is 0 Å². The smallest absolute Gasteiger partial charge is 0.228 e. The number of carbonyl (C=O) groups excluding carboxylic acids is 1. The quantitative estimate of drug-likeness (QED) is 0.845. The predicted octanol–water partition coefficient (Wildman–Crippen LogP) is 3.75. The first-order valence-corrected chi connectivity index (χ1v) is 7.19. The maximum atomic E-state index is 12.0. The Morgan fingerprint density at radius 1 is 1.05 bits per heavy atom. The first kappa shape index (κ1) is 15.9. The lowest BCUT2D eigenvalue weighted by molar-refractivity contribution is -0.115. The molecule has 0 saturated heterocycles. The molecule has 0 aromatic heterocycles. The topological polar surface area (TPSA) is 58.6 Å². The summed E-state index contributed by atoms with van der Waals surface area (Å²) in [6, 6.07) is 13.9. The largest absolute Gasteiger partial charge is 0.508 e. The minimum atomic E-state index is -0.238. The molecule has 4 nitrogen and oxygen atoms in total. The van der Waals surface area contributed by atoms with Crippen molar-refractivity contribution in [3.8, 4) is 11.5 Å². The lowest BCUT2D eigenvalue weighted by Crippen LogP contribution is -2.22. The molecular weight excluding hydrogens is 278 g/mol. The maximum Gasteiger partial charge on any atom is 0.228 e. The first-order chi connectivity index (χ1) is 10.3. The van der Waals surface area contributed by atoms with Gasteiger partial charge in [0.25, 0.3) is 0 Å². The number of rotatable bonds is 4. The molecule has 0 saturated carbocycles. The normalized spacial score (nSPS) is 11.0. The van der Waals surface area contributed by atoms with E-state index in [9.17, 15) is 9.90 Å². The van der Waals surface area contributed by atoms with Crippen LogP contribution in [0, 0.1) is 0 Å². The average molecular weight is 299 g/mol. The van der Waals surface area contributed by atoms with Gasteiger partial charge in [-0.3, -0.25) is 4.79 Å². The average Bonchev–Trinajstić information content (AvgIpc) is 2.42. The molecule has 0 fully saturated rings. The second kappa shape index (κ2) is 6.52. The van der Waals surface area contributed by atoms with Crippen molar-refractivity contribution in [1.82, 2.24) is 0 Å². The van der Waals surface area contributed by atoms with Crippen LogP contribution in [-0.2, 0) is 11.2 Å². The molecule has 22 heavy (non-hydrogen) atoms. The zero-order chi connectivity index (χ0) is 16.2. The number of amides is 1. The summed E-state index contributed by atoms with van der Waals surface area (Å²) in [5, 5.41) is 12.0. The summed E-state index contributed by atoms with van der Waals surface area (Å²) in [7, 11) is 0. The second-order valence-corrected chi connectivity index (χ2v) is 6.13. The van der Waals surface area contributed by atoms with Crippen molar-refractivity contribution < 1.29 is 14.6 Å². The number of carbonyl (C=O) groups is 1. The molecule has 2 N–H and O–H groups in total. The van der Waals surface area contributed by atoms with E-state index < -0.39 is 0 Å². The fraction of sp³-hybridized carbons (Fsp3) is 0.278. The van der Waals surface area contributed by atoms with Gasteiger partial charge in [-0.25, -0.2) is 0 Å². The highest BCUT2D eigenvalue weighted by Crippen LogP contribution is 2.19. The van der Waals surface area contributed by atoms with E-state index in [1.54, 1.807) is 12.1 Å². The van der Waals surface area contributed by atoms with Gasteiger partial charge in [-0.2, -0.15) is 0 Å². The molecule has 0 aliphatic rings. The zero-order valence-corrected chi connectivity index (χ0v) is 13.1. The lowest BCUT2D eigenvalue weighted by atomic mass is 10.1. The molecule has 0 heterocycles. The SMILES string of the molecule is CC(C)(C)Oc1ccc(CC(=O)Nc2ccc(O)cc2)cc1. The third-order valence-electron chi connectivity index (χ3n) is 2.86. The van der Waals surface area contributed by atoms with Crippen LogP contribution in [0.15, 0.2) is 48.5 Å². The van der Waals surface area contributed by atoms with E-state index in [4.69, 9.17) is 4.74 Å². The summed E-state index contributed by atoms with van der Waals surface area (Å²) < 4.78 is 5.74. The van der Waals surface area contributed by atoms with Crippen molar-refractivity contribution in [1.29, 1.82) is 0 Å². The monoisotopic (exact) mass is 299 g/mol. The van der Waals surface area contributed by atoms with Gasteiger partial charge in [0.1, 0.15) is 17.1 Å². The summed E-state index contributed by atoms with van der Waals surface area (Å²) >= 11 is 0. The molecular formula is C18H21NO3. The zero-order valence-electron chi connectivity index (χ0n) is 13.1. The van der Waals surface area contributed by atoms with Crippen molar-refractivity contribution in [3.63, 3.8) is 0 Å². The van der Waals surface area contributed by atoms with Crippen LogP contribution in [-0.4, -0.2) is 16.6 Å². The van der Waals surface area contributed by atoms with Crippen molar-refractivity contribution in [2.75, 3.05) is 5.32 Å². The van der Waals surface area contributed by atoms with Gasteiger partial charge in [0, 0.05) is 5.69 Å². The van der Waals surface area contributed by atoms with E-state index in [2.05, 4.69) is 5.32 Å². The number of nitrogens with one attached hydrogen (secondary N) is 1. The summed E-state index contributed by atoms with van der Waals surface area (Å²) in [5.74, 6) is 0.859. The predicted molar refractivity (Wildman–Crippen MR) is 87.3 cm³/mol. The number of phenols is 1. The minimum Gasteiger partial charge on any atom is -0.508 e. The van der Waals surface area contributed by atoms with E-state index >= 15 is 0 Å². The van der Waals surface area contributed by atoms with E-state index in [-0.39, 0.29) is 23.7 Å². The highest BCUT2D eigenvalue weighted by atomic mass is 16.5. The van der Waals surface area contributed by atoms with Crippen molar-refractivity contribution in [2.45, 2.75) is 32.8 Å². The summed E-state index contributed by atoms with van der Waals surface area (Å²) in [6.07, 6.45) is 0.288. The Balaban J connectivity index is 1.93. The Morgan fingerprint density at radius 2 is 1.64 bits per heavy atom. The third kappa shape index (κ3) is 5.13. The van der Waals surface area contributed by atoms with E-state index in [1.165, 1.54) is 12.1 Å². The van der Waals surface area contributed by atoms with Gasteiger partial charge in [-0.1, -0.05) is 12.1 Å². The van der Waals surface area contributed by atoms with Crippen molar-refractivity contribution in [3.05, 3.63) is 54.1 Å². The van der Waals surface area contributed by atoms with E-state index in [0.29, 0.717) is 5.69 Å². The highest BCUT2D eigenvalue weighted by molar-refractivity contribution is 5.92. The summed E-state index contributed by atoms with van der Waals surface area (Å²) in [5.41, 5.74) is 1.34. The van der Waals surface area contributed by atoms with Crippen LogP contribution in [0.2, 0.25) is 0 Å².